The van der Waals surface area contributed by atoms with E-state index in [1.807, 2.05) is 0 Å². The van der Waals surface area contributed by atoms with Crippen LogP contribution >= 0.6 is 23.8 Å². The zero-order valence-corrected chi connectivity index (χ0v) is 11.3. The molecule has 0 saturated heterocycles. The van der Waals surface area contributed by atoms with E-state index in [0.717, 1.165) is 18.5 Å². The number of rotatable bonds is 5. The molecule has 0 atom stereocenters. The number of nitrogens with two attached hydrogens (primary N) is 1. The summed E-state index contributed by atoms with van der Waals surface area (Å²) in [7, 11) is 0. The zero-order valence-electron chi connectivity index (χ0n) is 9.70. The molecule has 1 aliphatic rings. The van der Waals surface area contributed by atoms with Crippen molar-refractivity contribution in [2.24, 2.45) is 5.73 Å². The average molecular weight is 284 g/mol. The highest BCUT2D eigenvalue weighted by Gasteiger charge is 2.22. The number of carbonyl (C=O) groups excluding carboxylic acids is 1. The minimum absolute atomic E-state index is 0.0265. The molecule has 0 spiro atoms. The highest BCUT2D eigenvalue weighted by molar-refractivity contribution is 7.80. The third-order valence-corrected chi connectivity index (χ3v) is 3.08. The maximum Gasteiger partial charge on any atom is 0.239 e. The van der Waals surface area contributed by atoms with Crippen LogP contribution in [0.25, 0.3) is 0 Å². The van der Waals surface area contributed by atoms with Gasteiger partial charge in [0.1, 0.15) is 4.99 Å². The molecule has 18 heavy (non-hydrogen) atoms. The molecule has 0 bridgehead atoms. The van der Waals surface area contributed by atoms with E-state index in [0.29, 0.717) is 16.6 Å². The molecule has 1 amide bonds. The molecule has 1 aromatic rings. The molecule has 0 heterocycles. The summed E-state index contributed by atoms with van der Waals surface area (Å²) >= 11 is 10.8. The van der Waals surface area contributed by atoms with E-state index in [-0.39, 0.29) is 17.4 Å². The first-order chi connectivity index (χ1) is 8.56. The Balaban J connectivity index is 1.99. The maximum atomic E-state index is 11.6. The van der Waals surface area contributed by atoms with Crippen molar-refractivity contribution in [1.29, 1.82) is 0 Å². The second kappa shape index (κ2) is 5.54. The van der Waals surface area contributed by atoms with Gasteiger partial charge in [-0.2, -0.15) is 0 Å². The van der Waals surface area contributed by atoms with Crippen molar-refractivity contribution >= 4 is 40.4 Å². The maximum absolute atomic E-state index is 11.6. The normalized spacial score (nSPS) is 14.1. The Morgan fingerprint density at radius 2 is 2.22 bits per heavy atom. The summed E-state index contributed by atoms with van der Waals surface area (Å²) in [6.45, 7) is 0.202. The number of benzene rings is 1. The predicted octanol–water partition coefficient (Wildman–Crippen LogP) is 1.66. The van der Waals surface area contributed by atoms with Crippen LogP contribution in [0.5, 0.6) is 0 Å². The molecule has 1 aliphatic carbocycles. The lowest BCUT2D eigenvalue weighted by molar-refractivity contribution is -0.119. The Morgan fingerprint density at radius 1 is 1.50 bits per heavy atom. The molecule has 1 aromatic carbocycles. The van der Waals surface area contributed by atoms with Crippen LogP contribution in [0.2, 0.25) is 5.02 Å². The second-order valence-electron chi connectivity index (χ2n) is 4.25. The van der Waals surface area contributed by atoms with Gasteiger partial charge in [-0.1, -0.05) is 23.8 Å². The number of nitrogens with one attached hydrogen (secondary N) is 2. The standard InChI is InChI=1S/C12H14ClN3OS/c13-7-1-4-10(9(5-7)12(14)18)15-6-11(17)16-8-2-3-8/h1,4-5,8,15H,2-3,6H2,(H2,14,18)(H,16,17). The van der Waals surface area contributed by atoms with Crippen LogP contribution in [0, 0.1) is 0 Å². The summed E-state index contributed by atoms with van der Waals surface area (Å²) in [6, 6.07) is 5.54. The number of thiocarbonyl (C=S) groups is 1. The molecular formula is C12H14ClN3OS. The largest absolute Gasteiger partial charge is 0.389 e. The van der Waals surface area contributed by atoms with Crippen LogP contribution in [-0.4, -0.2) is 23.5 Å². The van der Waals surface area contributed by atoms with Crippen molar-refractivity contribution in [2.45, 2.75) is 18.9 Å². The van der Waals surface area contributed by atoms with Crippen LogP contribution in [0.15, 0.2) is 18.2 Å². The lowest BCUT2D eigenvalue weighted by atomic mass is 10.2. The van der Waals surface area contributed by atoms with Gasteiger partial charge in [0.15, 0.2) is 0 Å². The first-order valence-corrected chi connectivity index (χ1v) is 6.47. The average Bonchev–Trinajstić information content (AvgIpc) is 3.11. The van der Waals surface area contributed by atoms with Gasteiger partial charge >= 0.3 is 0 Å². The Hall–Kier alpha value is -1.33. The molecule has 0 aromatic heterocycles. The van der Waals surface area contributed by atoms with Gasteiger partial charge in [0.2, 0.25) is 5.91 Å². The van der Waals surface area contributed by atoms with Crippen molar-refractivity contribution < 1.29 is 4.79 Å². The Morgan fingerprint density at radius 3 is 2.83 bits per heavy atom. The minimum atomic E-state index is -0.0265. The van der Waals surface area contributed by atoms with E-state index in [1.165, 1.54) is 0 Å². The zero-order chi connectivity index (χ0) is 13.1. The van der Waals surface area contributed by atoms with Crippen molar-refractivity contribution in [3.05, 3.63) is 28.8 Å². The summed E-state index contributed by atoms with van der Waals surface area (Å²) in [4.78, 5) is 11.8. The summed E-state index contributed by atoms with van der Waals surface area (Å²) in [6.07, 6.45) is 2.15. The number of hydrogen-bond acceptors (Lipinski definition) is 3. The summed E-state index contributed by atoms with van der Waals surface area (Å²) in [5.41, 5.74) is 6.98. The third-order valence-electron chi connectivity index (χ3n) is 2.63. The Bertz CT molecular complexity index is 488. The van der Waals surface area contributed by atoms with Crippen molar-refractivity contribution in [2.75, 3.05) is 11.9 Å². The number of halogens is 1. The fourth-order valence-corrected chi connectivity index (χ4v) is 1.90. The number of hydrogen-bond donors (Lipinski definition) is 3. The van der Waals surface area contributed by atoms with Crippen LogP contribution in [-0.2, 0) is 4.79 Å². The van der Waals surface area contributed by atoms with Gasteiger partial charge in [0.05, 0.1) is 6.54 Å². The molecule has 96 valence electrons. The van der Waals surface area contributed by atoms with E-state index < -0.39 is 0 Å². The molecule has 4 N–H and O–H groups in total. The Labute approximate surface area is 116 Å². The first kappa shape index (κ1) is 13.1. The van der Waals surface area contributed by atoms with Crippen molar-refractivity contribution in [3.63, 3.8) is 0 Å². The molecule has 4 nitrogen and oxygen atoms in total. The smallest absolute Gasteiger partial charge is 0.239 e. The highest BCUT2D eigenvalue weighted by atomic mass is 35.5. The van der Waals surface area contributed by atoms with E-state index >= 15 is 0 Å². The lowest BCUT2D eigenvalue weighted by Gasteiger charge is -2.11. The third kappa shape index (κ3) is 3.58. The molecule has 0 aliphatic heterocycles. The van der Waals surface area contributed by atoms with Crippen LogP contribution < -0.4 is 16.4 Å². The molecule has 0 radical (unpaired) electrons. The molecule has 0 unspecified atom stereocenters. The van der Waals surface area contributed by atoms with Gasteiger partial charge in [-0.3, -0.25) is 4.79 Å². The molecule has 2 rings (SSSR count). The Kier molecular flexibility index (Phi) is 4.04. The topological polar surface area (TPSA) is 67.1 Å². The molecule has 1 saturated carbocycles. The number of amides is 1. The monoisotopic (exact) mass is 283 g/mol. The predicted molar refractivity (Wildman–Crippen MR) is 77.0 cm³/mol. The fraction of sp³-hybridized carbons (Fsp3) is 0.333. The van der Waals surface area contributed by atoms with Gasteiger partial charge in [-0.25, -0.2) is 0 Å². The van der Waals surface area contributed by atoms with Gasteiger partial charge < -0.3 is 16.4 Å². The van der Waals surface area contributed by atoms with Crippen LogP contribution in [0.3, 0.4) is 0 Å². The van der Waals surface area contributed by atoms with Crippen molar-refractivity contribution in [1.82, 2.24) is 5.32 Å². The van der Waals surface area contributed by atoms with Gasteiger partial charge in [0.25, 0.3) is 0 Å². The van der Waals surface area contributed by atoms with E-state index in [9.17, 15) is 4.79 Å². The summed E-state index contributed by atoms with van der Waals surface area (Å²) in [5.74, 6) is -0.0265. The van der Waals surface area contributed by atoms with E-state index in [4.69, 9.17) is 29.6 Å². The van der Waals surface area contributed by atoms with Crippen LogP contribution in [0.4, 0.5) is 5.69 Å². The van der Waals surface area contributed by atoms with Gasteiger partial charge in [-0.15, -0.1) is 0 Å². The quantitative estimate of drug-likeness (QED) is 0.719. The molecular weight excluding hydrogens is 270 g/mol. The fourth-order valence-electron chi connectivity index (χ4n) is 1.56. The van der Waals surface area contributed by atoms with Crippen molar-refractivity contribution in [3.8, 4) is 0 Å². The lowest BCUT2D eigenvalue weighted by Crippen LogP contribution is -2.31. The second-order valence-corrected chi connectivity index (χ2v) is 5.13. The molecule has 1 fully saturated rings. The van der Waals surface area contributed by atoms with E-state index in [1.54, 1.807) is 18.2 Å². The summed E-state index contributed by atoms with van der Waals surface area (Å²) < 4.78 is 0. The van der Waals surface area contributed by atoms with Gasteiger partial charge in [0, 0.05) is 22.3 Å². The highest BCUT2D eigenvalue weighted by Crippen LogP contribution is 2.21. The van der Waals surface area contributed by atoms with Crippen LogP contribution in [0.1, 0.15) is 18.4 Å². The minimum Gasteiger partial charge on any atom is -0.389 e. The number of carbonyl (C=O) groups is 1. The molecule has 6 heteroatoms. The SMILES string of the molecule is NC(=S)c1cc(Cl)ccc1NCC(=O)NC1CC1. The van der Waals surface area contributed by atoms with Gasteiger partial charge in [-0.05, 0) is 31.0 Å². The summed E-state index contributed by atoms with van der Waals surface area (Å²) in [5, 5.41) is 6.47. The number of anilines is 1. The first-order valence-electron chi connectivity index (χ1n) is 5.69. The van der Waals surface area contributed by atoms with E-state index in [2.05, 4.69) is 10.6 Å².